The predicted octanol–water partition coefficient (Wildman–Crippen LogP) is 2.40. The van der Waals surface area contributed by atoms with Crippen molar-refractivity contribution in [3.8, 4) is 0 Å². The molecule has 2 rings (SSSR count). The van der Waals surface area contributed by atoms with E-state index in [1.807, 2.05) is 12.3 Å². The van der Waals surface area contributed by atoms with Crippen molar-refractivity contribution in [2.75, 3.05) is 18.2 Å². The van der Waals surface area contributed by atoms with Gasteiger partial charge in [-0.3, -0.25) is 10.1 Å². The van der Waals surface area contributed by atoms with Crippen LogP contribution in [-0.2, 0) is 16.4 Å². The van der Waals surface area contributed by atoms with Crippen LogP contribution in [0, 0.1) is 17.0 Å². The molecular weight excluding hydrogens is 326 g/mol. The minimum absolute atomic E-state index is 0.251. The Morgan fingerprint density at radius 1 is 1.41 bits per heavy atom. The van der Waals surface area contributed by atoms with E-state index in [-0.39, 0.29) is 10.6 Å². The van der Waals surface area contributed by atoms with Gasteiger partial charge in [0.15, 0.2) is 9.84 Å². The van der Waals surface area contributed by atoms with Gasteiger partial charge >= 0.3 is 5.69 Å². The normalized spacial score (nSPS) is 11.4. The number of nitrogens with zero attached hydrogens (tertiary/aromatic N) is 3. The van der Waals surface area contributed by atoms with Crippen molar-refractivity contribution in [1.82, 2.24) is 4.98 Å². The van der Waals surface area contributed by atoms with Crippen molar-refractivity contribution >= 4 is 32.5 Å². The lowest BCUT2D eigenvalue weighted by atomic mass is 10.2. The number of hydrogen-bond acceptors (Lipinski definition) is 7. The number of aryl methyl sites for hydroxylation is 1. The zero-order chi connectivity index (χ0) is 16.5. The van der Waals surface area contributed by atoms with Crippen molar-refractivity contribution < 1.29 is 13.3 Å². The van der Waals surface area contributed by atoms with Crippen LogP contribution in [-0.4, -0.2) is 31.6 Å². The Kier molecular flexibility index (Phi) is 4.47. The van der Waals surface area contributed by atoms with Gasteiger partial charge in [-0.05, 0) is 19.1 Å². The molecule has 0 aliphatic rings. The minimum atomic E-state index is -3.68. The zero-order valence-electron chi connectivity index (χ0n) is 12.3. The first kappa shape index (κ1) is 16.4. The van der Waals surface area contributed by atoms with Crippen molar-refractivity contribution in [3.63, 3.8) is 0 Å². The second kappa shape index (κ2) is 6.01. The van der Waals surface area contributed by atoms with Gasteiger partial charge < -0.3 is 4.90 Å². The number of para-hydroxylation sites is 1. The predicted molar refractivity (Wildman–Crippen MR) is 85.2 cm³/mol. The Hall–Kier alpha value is -2.00. The van der Waals surface area contributed by atoms with Gasteiger partial charge in [-0.15, -0.1) is 11.3 Å². The monoisotopic (exact) mass is 341 g/mol. The van der Waals surface area contributed by atoms with E-state index in [0.29, 0.717) is 6.54 Å². The van der Waals surface area contributed by atoms with Gasteiger partial charge in [0, 0.05) is 24.4 Å². The summed E-state index contributed by atoms with van der Waals surface area (Å²) in [7, 11) is -2.01. The Morgan fingerprint density at radius 2 is 2.09 bits per heavy atom. The first-order valence-electron chi connectivity index (χ1n) is 6.29. The number of sulfone groups is 1. The maximum Gasteiger partial charge on any atom is 0.311 e. The van der Waals surface area contributed by atoms with E-state index in [4.69, 9.17) is 0 Å². The fourth-order valence-electron chi connectivity index (χ4n) is 2.06. The Bertz CT molecular complexity index is 814. The molecule has 0 aliphatic heterocycles. The third kappa shape index (κ3) is 3.42. The molecular formula is C13H15N3O4S2. The molecule has 118 valence electrons. The molecule has 0 bridgehead atoms. The number of benzene rings is 1. The summed E-state index contributed by atoms with van der Waals surface area (Å²) in [5.74, 6) is 0. The highest BCUT2D eigenvalue weighted by Gasteiger charge is 2.27. The van der Waals surface area contributed by atoms with Crippen LogP contribution < -0.4 is 4.90 Å². The van der Waals surface area contributed by atoms with E-state index < -0.39 is 20.4 Å². The molecule has 0 spiro atoms. The topological polar surface area (TPSA) is 93.4 Å². The summed E-state index contributed by atoms with van der Waals surface area (Å²) in [5.41, 5.74) is 0.731. The molecule has 1 aromatic heterocycles. The summed E-state index contributed by atoms with van der Waals surface area (Å²) in [6.07, 6.45) is 0.962. The van der Waals surface area contributed by atoms with Crippen LogP contribution in [0.3, 0.4) is 0 Å². The zero-order valence-corrected chi connectivity index (χ0v) is 13.9. The van der Waals surface area contributed by atoms with Crippen LogP contribution in [0.2, 0.25) is 0 Å². The van der Waals surface area contributed by atoms with Gasteiger partial charge in [0.2, 0.25) is 0 Å². The Labute approximate surface area is 132 Å². The van der Waals surface area contributed by atoms with E-state index in [1.54, 1.807) is 11.9 Å². The molecule has 0 N–H and O–H groups in total. The standard InChI is InChI=1S/C13H15N3O4S2/c1-9-8-21-12(14-9)7-15(2)10-5-4-6-11(22(3,19)20)13(10)16(17)18/h4-6,8H,7H2,1-3H3. The van der Waals surface area contributed by atoms with Crippen LogP contribution in [0.4, 0.5) is 11.4 Å². The Morgan fingerprint density at radius 3 is 2.59 bits per heavy atom. The van der Waals surface area contributed by atoms with Gasteiger partial charge in [-0.1, -0.05) is 6.07 Å². The van der Waals surface area contributed by atoms with E-state index in [2.05, 4.69) is 4.98 Å². The molecule has 9 heteroatoms. The SMILES string of the molecule is Cc1csc(CN(C)c2cccc(S(C)(=O)=O)c2[N+](=O)[O-])n1. The summed E-state index contributed by atoms with van der Waals surface area (Å²) >= 11 is 1.46. The molecule has 0 saturated heterocycles. The van der Waals surface area contributed by atoms with Gasteiger partial charge in [-0.25, -0.2) is 13.4 Å². The number of nitro groups is 1. The quantitative estimate of drug-likeness (QED) is 0.612. The van der Waals surface area contributed by atoms with Crippen LogP contribution in [0.25, 0.3) is 0 Å². The number of anilines is 1. The number of thiazole rings is 1. The highest BCUT2D eigenvalue weighted by atomic mass is 32.2. The fourth-order valence-corrected chi connectivity index (χ4v) is 3.75. The molecule has 2 aromatic rings. The second-order valence-corrected chi connectivity index (χ2v) is 7.82. The van der Waals surface area contributed by atoms with Gasteiger partial charge in [0.25, 0.3) is 0 Å². The molecule has 7 nitrogen and oxygen atoms in total. The van der Waals surface area contributed by atoms with E-state index in [9.17, 15) is 18.5 Å². The average molecular weight is 341 g/mol. The number of aromatic nitrogens is 1. The lowest BCUT2D eigenvalue weighted by Crippen LogP contribution is -2.18. The molecule has 22 heavy (non-hydrogen) atoms. The summed E-state index contributed by atoms with van der Waals surface area (Å²) in [5, 5.41) is 14.0. The summed E-state index contributed by atoms with van der Waals surface area (Å²) in [6.45, 7) is 2.24. The smallest absolute Gasteiger partial charge is 0.311 e. The van der Waals surface area contributed by atoms with Gasteiger partial charge in [0.05, 0.1) is 11.5 Å². The number of nitro benzene ring substituents is 1. The first-order chi connectivity index (χ1) is 10.2. The molecule has 0 atom stereocenters. The summed E-state index contributed by atoms with van der Waals surface area (Å²) in [4.78, 5) is 16.4. The third-order valence-electron chi connectivity index (χ3n) is 3.01. The third-order valence-corrected chi connectivity index (χ3v) is 5.09. The molecule has 1 heterocycles. The van der Waals surface area contributed by atoms with Gasteiger partial charge in [-0.2, -0.15) is 0 Å². The molecule has 1 aromatic carbocycles. The average Bonchev–Trinajstić information content (AvgIpc) is 2.82. The van der Waals surface area contributed by atoms with Gasteiger partial charge in [0.1, 0.15) is 15.6 Å². The molecule has 0 amide bonds. The van der Waals surface area contributed by atoms with Crippen LogP contribution in [0.5, 0.6) is 0 Å². The maximum absolute atomic E-state index is 11.8. The number of hydrogen-bond donors (Lipinski definition) is 0. The maximum atomic E-state index is 11.8. The van der Waals surface area contributed by atoms with Crippen molar-refractivity contribution in [2.45, 2.75) is 18.4 Å². The van der Waals surface area contributed by atoms with Crippen LogP contribution >= 0.6 is 11.3 Å². The van der Waals surface area contributed by atoms with Crippen LogP contribution in [0.1, 0.15) is 10.7 Å². The highest BCUT2D eigenvalue weighted by Crippen LogP contribution is 2.34. The first-order valence-corrected chi connectivity index (χ1v) is 9.07. The summed E-state index contributed by atoms with van der Waals surface area (Å²) in [6, 6.07) is 4.29. The van der Waals surface area contributed by atoms with E-state index >= 15 is 0 Å². The van der Waals surface area contributed by atoms with Crippen LogP contribution in [0.15, 0.2) is 28.5 Å². The lowest BCUT2D eigenvalue weighted by Gasteiger charge is -2.18. The largest absolute Gasteiger partial charge is 0.362 e. The number of rotatable bonds is 5. The van der Waals surface area contributed by atoms with Crippen molar-refractivity contribution in [2.24, 2.45) is 0 Å². The fraction of sp³-hybridized carbons (Fsp3) is 0.308. The summed E-state index contributed by atoms with van der Waals surface area (Å²) < 4.78 is 23.5. The molecule has 0 unspecified atom stereocenters. The Balaban J connectivity index is 2.48. The minimum Gasteiger partial charge on any atom is -0.362 e. The highest BCUT2D eigenvalue weighted by molar-refractivity contribution is 7.90. The lowest BCUT2D eigenvalue weighted by molar-refractivity contribution is -0.387. The van der Waals surface area contributed by atoms with E-state index in [0.717, 1.165) is 17.0 Å². The van der Waals surface area contributed by atoms with E-state index in [1.165, 1.54) is 29.5 Å². The van der Waals surface area contributed by atoms with Crippen molar-refractivity contribution in [3.05, 3.63) is 44.4 Å². The second-order valence-electron chi connectivity index (χ2n) is 4.89. The molecule has 0 saturated carbocycles. The van der Waals surface area contributed by atoms with Crippen molar-refractivity contribution in [1.29, 1.82) is 0 Å². The molecule has 0 aliphatic carbocycles. The molecule has 0 fully saturated rings. The molecule has 0 radical (unpaired) electrons.